The molecule has 0 aliphatic rings. The molecule has 0 aromatic heterocycles. The minimum absolute atomic E-state index is 0.00248. The summed E-state index contributed by atoms with van der Waals surface area (Å²) in [5.41, 5.74) is -2.35. The fourth-order valence-corrected chi connectivity index (χ4v) is 2.87. The van der Waals surface area contributed by atoms with Crippen LogP contribution in [0.25, 0.3) is 0 Å². The lowest BCUT2D eigenvalue weighted by Gasteiger charge is -2.29. The molecule has 0 aliphatic heterocycles. The first-order chi connectivity index (χ1) is 12.1. The predicted octanol–water partition coefficient (Wildman–Crippen LogP) is 4.17. The molecule has 0 saturated carbocycles. The van der Waals surface area contributed by atoms with Crippen LogP contribution in [-0.4, -0.2) is 34.7 Å². The van der Waals surface area contributed by atoms with Crippen LogP contribution >= 0.6 is 0 Å². The van der Waals surface area contributed by atoms with Crippen molar-refractivity contribution in [3.63, 3.8) is 0 Å². The predicted molar refractivity (Wildman–Crippen MR) is 103 cm³/mol. The largest absolute Gasteiger partial charge is 0.460 e. The Hall–Kier alpha value is -1.72. The Morgan fingerprint density at radius 2 is 1.04 bits per heavy atom. The van der Waals surface area contributed by atoms with E-state index in [0.717, 1.165) is 0 Å². The topological polar surface area (TPSA) is 86.7 Å². The number of ketones is 2. The Morgan fingerprint density at radius 3 is 1.41 bits per heavy atom. The summed E-state index contributed by atoms with van der Waals surface area (Å²) in [5.74, 6) is -1.23. The van der Waals surface area contributed by atoms with Gasteiger partial charge >= 0.3 is 11.9 Å². The number of hydrogen-bond donors (Lipinski definition) is 0. The summed E-state index contributed by atoms with van der Waals surface area (Å²) >= 11 is 0. The minimum Gasteiger partial charge on any atom is -0.460 e. The van der Waals surface area contributed by atoms with E-state index in [1.165, 1.54) is 13.8 Å². The maximum atomic E-state index is 12.3. The van der Waals surface area contributed by atoms with Gasteiger partial charge in [0.05, 0.1) is 5.41 Å². The molecule has 0 aromatic carbocycles. The van der Waals surface area contributed by atoms with Crippen LogP contribution in [0.2, 0.25) is 0 Å². The maximum absolute atomic E-state index is 12.3. The molecule has 0 saturated heterocycles. The first-order valence-electron chi connectivity index (χ1n) is 9.55. The van der Waals surface area contributed by atoms with Crippen LogP contribution < -0.4 is 0 Å². The standard InChI is InChI=1S/C21H36O6/c1-15(22)21(16(2)23,14-12-18(25)27-20(6,7)8)13-10-9-11-17(24)26-19(3,4)5/h9-14H2,1-8H3. The molecule has 0 atom stereocenters. The number of ether oxygens (including phenoxy) is 2. The van der Waals surface area contributed by atoms with Gasteiger partial charge in [-0.15, -0.1) is 0 Å². The van der Waals surface area contributed by atoms with E-state index in [1.807, 2.05) is 0 Å². The van der Waals surface area contributed by atoms with Gasteiger partial charge in [-0.2, -0.15) is 0 Å². The molecule has 6 heteroatoms. The van der Waals surface area contributed by atoms with Crippen molar-refractivity contribution in [3.8, 4) is 0 Å². The van der Waals surface area contributed by atoms with Crippen molar-refractivity contribution in [3.05, 3.63) is 0 Å². The molecule has 156 valence electrons. The van der Waals surface area contributed by atoms with Gasteiger partial charge in [0.2, 0.25) is 0 Å². The fourth-order valence-electron chi connectivity index (χ4n) is 2.87. The summed E-state index contributed by atoms with van der Waals surface area (Å²) in [5, 5.41) is 0. The Labute approximate surface area is 163 Å². The normalized spacial score (nSPS) is 12.4. The highest BCUT2D eigenvalue weighted by Crippen LogP contribution is 2.34. The van der Waals surface area contributed by atoms with E-state index < -0.39 is 22.6 Å². The molecule has 0 spiro atoms. The molecule has 0 radical (unpaired) electrons. The van der Waals surface area contributed by atoms with Crippen molar-refractivity contribution in [2.75, 3.05) is 0 Å². The molecule has 0 amide bonds. The van der Waals surface area contributed by atoms with E-state index in [-0.39, 0.29) is 36.8 Å². The van der Waals surface area contributed by atoms with Crippen LogP contribution in [0.1, 0.15) is 93.9 Å². The number of carbonyl (C=O) groups excluding carboxylic acids is 4. The van der Waals surface area contributed by atoms with Gasteiger partial charge in [-0.05, 0) is 74.7 Å². The molecule has 0 heterocycles. The molecule has 0 aromatic rings. The average Bonchev–Trinajstić information content (AvgIpc) is 2.42. The third-order valence-electron chi connectivity index (χ3n) is 4.18. The zero-order chi connectivity index (χ0) is 21.5. The highest BCUT2D eigenvalue weighted by molar-refractivity contribution is 6.05. The van der Waals surface area contributed by atoms with E-state index in [4.69, 9.17) is 9.47 Å². The number of esters is 2. The second kappa shape index (κ2) is 10.00. The number of unbranched alkanes of at least 4 members (excludes halogenated alkanes) is 1. The molecule has 0 rings (SSSR count). The quantitative estimate of drug-likeness (QED) is 0.319. The monoisotopic (exact) mass is 384 g/mol. The summed E-state index contributed by atoms with van der Waals surface area (Å²) in [6.07, 6.45) is 1.70. The zero-order valence-electron chi connectivity index (χ0n) is 18.2. The molecule has 0 fully saturated rings. The van der Waals surface area contributed by atoms with Gasteiger partial charge in [0.15, 0.2) is 0 Å². The van der Waals surface area contributed by atoms with Crippen LogP contribution in [0.5, 0.6) is 0 Å². The van der Waals surface area contributed by atoms with Crippen molar-refractivity contribution in [2.24, 2.45) is 5.41 Å². The van der Waals surface area contributed by atoms with Crippen LogP contribution in [0, 0.1) is 5.41 Å². The summed E-state index contributed by atoms with van der Waals surface area (Å²) < 4.78 is 10.5. The molecule has 27 heavy (non-hydrogen) atoms. The molecular formula is C21H36O6. The third kappa shape index (κ3) is 10.3. The van der Waals surface area contributed by atoms with Crippen LogP contribution in [0.3, 0.4) is 0 Å². The highest BCUT2D eigenvalue weighted by Gasteiger charge is 2.40. The Balaban J connectivity index is 4.82. The van der Waals surface area contributed by atoms with Gasteiger partial charge in [0.25, 0.3) is 0 Å². The van der Waals surface area contributed by atoms with E-state index in [2.05, 4.69) is 0 Å². The minimum atomic E-state index is -1.20. The summed E-state index contributed by atoms with van der Waals surface area (Å²) in [4.78, 5) is 48.3. The number of carbonyl (C=O) groups is 4. The fraction of sp³-hybridized carbons (Fsp3) is 0.810. The number of rotatable bonds is 10. The number of Topliss-reactive ketones (excluding diaryl/α,β-unsaturated/α-hetero) is 2. The van der Waals surface area contributed by atoms with Crippen molar-refractivity contribution in [2.45, 2.75) is 105 Å². The molecule has 0 aliphatic carbocycles. The second-order valence-corrected chi connectivity index (χ2v) is 9.07. The van der Waals surface area contributed by atoms with Crippen LogP contribution in [-0.2, 0) is 28.7 Å². The number of hydrogen-bond acceptors (Lipinski definition) is 6. The smallest absolute Gasteiger partial charge is 0.306 e. The van der Waals surface area contributed by atoms with Crippen LogP contribution in [0.4, 0.5) is 0 Å². The summed E-state index contributed by atoms with van der Waals surface area (Å²) in [7, 11) is 0. The van der Waals surface area contributed by atoms with Gasteiger partial charge < -0.3 is 9.47 Å². The Kier molecular flexibility index (Phi) is 9.36. The van der Waals surface area contributed by atoms with Crippen molar-refractivity contribution in [1.29, 1.82) is 0 Å². The summed E-state index contributed by atoms with van der Waals surface area (Å²) in [6.45, 7) is 13.5. The van der Waals surface area contributed by atoms with Crippen molar-refractivity contribution in [1.82, 2.24) is 0 Å². The van der Waals surface area contributed by atoms with Gasteiger partial charge in [0.1, 0.15) is 22.8 Å². The SMILES string of the molecule is CC(=O)C(CCCCC(=O)OC(C)(C)C)(CCC(=O)OC(C)(C)C)C(C)=O. The lowest BCUT2D eigenvalue weighted by Crippen LogP contribution is -2.38. The van der Waals surface area contributed by atoms with Gasteiger partial charge in [0, 0.05) is 12.8 Å². The third-order valence-corrected chi connectivity index (χ3v) is 4.18. The van der Waals surface area contributed by atoms with Crippen molar-refractivity contribution < 1.29 is 28.7 Å². The maximum Gasteiger partial charge on any atom is 0.306 e. The molecule has 0 unspecified atom stereocenters. The van der Waals surface area contributed by atoms with Crippen molar-refractivity contribution >= 4 is 23.5 Å². The van der Waals surface area contributed by atoms with E-state index in [0.29, 0.717) is 19.3 Å². The molecule has 0 N–H and O–H groups in total. The molecular weight excluding hydrogens is 348 g/mol. The molecule has 0 bridgehead atoms. The zero-order valence-corrected chi connectivity index (χ0v) is 18.2. The highest BCUT2D eigenvalue weighted by atomic mass is 16.6. The lowest BCUT2D eigenvalue weighted by molar-refractivity contribution is -0.156. The second-order valence-electron chi connectivity index (χ2n) is 9.07. The van der Waals surface area contributed by atoms with E-state index >= 15 is 0 Å². The lowest BCUT2D eigenvalue weighted by atomic mass is 9.72. The average molecular weight is 385 g/mol. The Morgan fingerprint density at radius 1 is 0.630 bits per heavy atom. The van der Waals surface area contributed by atoms with E-state index in [1.54, 1.807) is 41.5 Å². The van der Waals surface area contributed by atoms with Gasteiger partial charge in [-0.1, -0.05) is 6.42 Å². The first-order valence-corrected chi connectivity index (χ1v) is 9.55. The first kappa shape index (κ1) is 25.3. The van der Waals surface area contributed by atoms with Crippen LogP contribution in [0.15, 0.2) is 0 Å². The Bertz CT molecular complexity index is 534. The van der Waals surface area contributed by atoms with Gasteiger partial charge in [-0.25, -0.2) is 0 Å². The van der Waals surface area contributed by atoms with E-state index in [9.17, 15) is 19.2 Å². The van der Waals surface area contributed by atoms with Gasteiger partial charge in [-0.3, -0.25) is 19.2 Å². The molecule has 6 nitrogen and oxygen atoms in total. The summed E-state index contributed by atoms with van der Waals surface area (Å²) in [6, 6.07) is 0.